The Morgan fingerprint density at radius 1 is 0.733 bits per heavy atom. The van der Waals surface area contributed by atoms with Crippen molar-refractivity contribution in [3.63, 3.8) is 0 Å². The Hall–Kier alpha value is -0.830. The fourth-order valence-corrected chi connectivity index (χ4v) is 3.86. The van der Waals surface area contributed by atoms with Crippen LogP contribution in [0.15, 0.2) is 48.5 Å². The number of benzene rings is 2. The Balaban J connectivity index is 2.18. The molecule has 0 aliphatic heterocycles. The Morgan fingerprint density at radius 3 is 2.13 bits per heavy atom. The number of rotatable bonds is 2. The van der Waals surface area contributed by atoms with E-state index in [2.05, 4.69) is 62.4 Å². The van der Waals surface area contributed by atoms with Gasteiger partial charge in [-0.1, -0.05) is 0 Å². The van der Waals surface area contributed by atoms with E-state index in [1.165, 1.54) is 18.3 Å². The molecule has 0 N–H and O–H groups in total. The third kappa shape index (κ3) is 3.06. The maximum absolute atomic E-state index is 2.30. The van der Waals surface area contributed by atoms with E-state index in [9.17, 15) is 0 Å². The van der Waals surface area contributed by atoms with E-state index in [1.807, 2.05) is 0 Å². The maximum atomic E-state index is 2.30. The van der Waals surface area contributed by atoms with Crippen LogP contribution in [0, 0.1) is 21.0 Å². The van der Waals surface area contributed by atoms with Gasteiger partial charge < -0.3 is 0 Å². The predicted molar refractivity (Wildman–Crippen MR) is 59.8 cm³/mol. The van der Waals surface area contributed by atoms with Crippen molar-refractivity contribution in [3.05, 3.63) is 66.8 Å². The molecule has 15 heavy (non-hydrogen) atoms. The van der Waals surface area contributed by atoms with Crippen molar-refractivity contribution >= 4 is 0 Å². The molecule has 0 unspecified atom stereocenters. The standard InChI is InChI=1S/C14H14I/c1-11-6-8-13(9-7-11)15-14-5-3-4-12(2)10-14/h3-10H,1-2H3/q-1. The molecule has 0 aliphatic rings. The van der Waals surface area contributed by atoms with E-state index in [0.29, 0.717) is 0 Å². The first-order valence-corrected chi connectivity index (χ1v) is 7.18. The normalized spacial score (nSPS) is 10.5. The van der Waals surface area contributed by atoms with Crippen molar-refractivity contribution in [2.45, 2.75) is 13.8 Å². The Bertz CT molecular complexity index is 443. The first-order valence-electron chi connectivity index (χ1n) is 5.02. The number of hydrogen-bond donors (Lipinski definition) is 0. The van der Waals surface area contributed by atoms with Gasteiger partial charge in [0.05, 0.1) is 0 Å². The topological polar surface area (TPSA) is 0 Å². The molecule has 2 rings (SSSR count). The Kier molecular flexibility index (Phi) is 3.41. The van der Waals surface area contributed by atoms with Gasteiger partial charge in [0.15, 0.2) is 0 Å². The third-order valence-electron chi connectivity index (χ3n) is 2.21. The summed E-state index contributed by atoms with van der Waals surface area (Å²) in [6, 6.07) is 17.7. The second-order valence-electron chi connectivity index (χ2n) is 3.69. The predicted octanol–water partition coefficient (Wildman–Crippen LogP) is 0.432. The van der Waals surface area contributed by atoms with Crippen LogP contribution in [-0.4, -0.2) is 0 Å². The van der Waals surface area contributed by atoms with Crippen molar-refractivity contribution in [2.75, 3.05) is 0 Å². The molecule has 0 fully saturated rings. The fraction of sp³-hybridized carbons (Fsp3) is 0.143. The zero-order valence-electron chi connectivity index (χ0n) is 9.00. The number of hydrogen-bond acceptors (Lipinski definition) is 0. The zero-order valence-corrected chi connectivity index (χ0v) is 11.2. The molecule has 0 aromatic heterocycles. The average Bonchev–Trinajstić information content (AvgIpc) is 2.22. The summed E-state index contributed by atoms with van der Waals surface area (Å²) in [5, 5.41) is 0. The minimum atomic E-state index is -0.000856. The summed E-state index contributed by atoms with van der Waals surface area (Å²) in [5.41, 5.74) is 2.70. The van der Waals surface area contributed by atoms with Gasteiger partial charge in [0, 0.05) is 0 Å². The van der Waals surface area contributed by atoms with Crippen LogP contribution in [0.4, 0.5) is 0 Å². The van der Waals surface area contributed by atoms with E-state index in [4.69, 9.17) is 0 Å². The summed E-state index contributed by atoms with van der Waals surface area (Å²) in [4.78, 5) is 0. The van der Waals surface area contributed by atoms with Gasteiger partial charge in [0.25, 0.3) is 0 Å². The summed E-state index contributed by atoms with van der Waals surface area (Å²) >= 11 is -0.000856. The van der Waals surface area contributed by atoms with Crippen LogP contribution in [0.3, 0.4) is 0 Å². The summed E-state index contributed by atoms with van der Waals surface area (Å²) in [6.45, 7) is 4.29. The molecule has 0 heterocycles. The molecule has 2 aromatic carbocycles. The SMILES string of the molecule is Cc1ccc([I-]c2cccc(C)c2)cc1. The van der Waals surface area contributed by atoms with Crippen LogP contribution >= 0.6 is 0 Å². The molecule has 0 bridgehead atoms. The molecule has 0 aliphatic carbocycles. The van der Waals surface area contributed by atoms with E-state index >= 15 is 0 Å². The van der Waals surface area contributed by atoms with Gasteiger partial charge in [0.1, 0.15) is 0 Å². The minimum absolute atomic E-state index is 0.000856. The molecule has 0 saturated carbocycles. The van der Waals surface area contributed by atoms with Crippen LogP contribution in [0.1, 0.15) is 11.1 Å². The van der Waals surface area contributed by atoms with Gasteiger partial charge in [-0.2, -0.15) is 0 Å². The van der Waals surface area contributed by atoms with Crippen molar-refractivity contribution in [3.8, 4) is 0 Å². The van der Waals surface area contributed by atoms with Gasteiger partial charge >= 0.3 is 102 Å². The van der Waals surface area contributed by atoms with E-state index in [-0.39, 0.29) is 21.2 Å². The third-order valence-corrected chi connectivity index (χ3v) is 4.85. The molecule has 78 valence electrons. The van der Waals surface area contributed by atoms with Crippen LogP contribution in [-0.2, 0) is 0 Å². The van der Waals surface area contributed by atoms with Crippen molar-refractivity contribution in [1.82, 2.24) is 0 Å². The molecule has 0 spiro atoms. The second-order valence-corrected chi connectivity index (χ2v) is 6.72. The molecular formula is C14H14I-. The molecule has 0 amide bonds. The van der Waals surface area contributed by atoms with E-state index in [0.717, 1.165) is 0 Å². The Morgan fingerprint density at radius 2 is 1.47 bits per heavy atom. The number of aryl methyl sites for hydroxylation is 2. The van der Waals surface area contributed by atoms with Gasteiger partial charge in [-0.3, -0.25) is 0 Å². The molecule has 0 saturated heterocycles. The monoisotopic (exact) mass is 309 g/mol. The van der Waals surface area contributed by atoms with Gasteiger partial charge in [-0.05, 0) is 0 Å². The summed E-state index contributed by atoms with van der Waals surface area (Å²) in [7, 11) is 0. The summed E-state index contributed by atoms with van der Waals surface area (Å²) < 4.78 is 2.99. The quantitative estimate of drug-likeness (QED) is 0.706. The zero-order chi connectivity index (χ0) is 10.7. The van der Waals surface area contributed by atoms with Gasteiger partial charge in [0.2, 0.25) is 0 Å². The van der Waals surface area contributed by atoms with E-state index in [1.54, 1.807) is 0 Å². The van der Waals surface area contributed by atoms with Crippen LogP contribution in [0.2, 0.25) is 0 Å². The van der Waals surface area contributed by atoms with Crippen molar-refractivity contribution in [1.29, 1.82) is 0 Å². The van der Waals surface area contributed by atoms with Crippen molar-refractivity contribution in [2.24, 2.45) is 0 Å². The second kappa shape index (κ2) is 4.79. The molecular weight excluding hydrogens is 295 g/mol. The first kappa shape index (κ1) is 10.7. The molecule has 0 radical (unpaired) electrons. The summed E-state index contributed by atoms with van der Waals surface area (Å²) in [5.74, 6) is 0. The van der Waals surface area contributed by atoms with Crippen molar-refractivity contribution < 1.29 is 21.2 Å². The van der Waals surface area contributed by atoms with Gasteiger partial charge in [-0.15, -0.1) is 0 Å². The fourth-order valence-electron chi connectivity index (χ4n) is 1.39. The summed E-state index contributed by atoms with van der Waals surface area (Å²) in [6.07, 6.45) is 0. The molecule has 0 nitrogen and oxygen atoms in total. The van der Waals surface area contributed by atoms with Crippen LogP contribution < -0.4 is 21.2 Å². The molecule has 0 atom stereocenters. The van der Waals surface area contributed by atoms with Gasteiger partial charge in [-0.25, -0.2) is 0 Å². The molecule has 2 aromatic rings. The number of halogens is 1. The Labute approximate surface area is 102 Å². The van der Waals surface area contributed by atoms with E-state index < -0.39 is 0 Å². The van der Waals surface area contributed by atoms with Crippen LogP contribution in [0.25, 0.3) is 0 Å². The first-order chi connectivity index (χ1) is 7.24. The van der Waals surface area contributed by atoms with Crippen LogP contribution in [0.5, 0.6) is 0 Å². The average molecular weight is 309 g/mol. The molecule has 1 heteroatoms.